The van der Waals surface area contributed by atoms with Crippen LogP contribution in [0.3, 0.4) is 0 Å². The van der Waals surface area contributed by atoms with Crippen molar-refractivity contribution in [3.05, 3.63) is 17.5 Å². The van der Waals surface area contributed by atoms with Gasteiger partial charge < -0.3 is 10.1 Å². The van der Waals surface area contributed by atoms with Crippen LogP contribution in [0.25, 0.3) is 5.78 Å². The Bertz CT molecular complexity index is 568. The van der Waals surface area contributed by atoms with Crippen LogP contribution in [0.4, 0.5) is 5.82 Å². The summed E-state index contributed by atoms with van der Waals surface area (Å²) >= 11 is 5.96. The molecular formula is C12H17ClN6O. The maximum atomic E-state index is 5.96. The topological polar surface area (TPSA) is 67.6 Å². The summed E-state index contributed by atoms with van der Waals surface area (Å²) in [6.07, 6.45) is 2.52. The number of hydrogen-bond acceptors (Lipinski definition) is 6. The summed E-state index contributed by atoms with van der Waals surface area (Å²) < 4.78 is 6.98. The molecule has 0 aliphatic carbocycles. The Labute approximate surface area is 121 Å². The summed E-state index contributed by atoms with van der Waals surface area (Å²) in [5, 5.41) is 7.87. The molecule has 1 fully saturated rings. The van der Waals surface area contributed by atoms with Gasteiger partial charge in [0, 0.05) is 25.7 Å². The van der Waals surface area contributed by atoms with E-state index in [2.05, 4.69) is 25.3 Å². The Morgan fingerprint density at radius 3 is 3.05 bits per heavy atom. The van der Waals surface area contributed by atoms with Crippen LogP contribution in [0.5, 0.6) is 0 Å². The highest BCUT2D eigenvalue weighted by Gasteiger charge is 2.10. The first-order chi connectivity index (χ1) is 9.83. The van der Waals surface area contributed by atoms with Gasteiger partial charge in [-0.3, -0.25) is 4.90 Å². The van der Waals surface area contributed by atoms with Crippen LogP contribution in [0.1, 0.15) is 6.42 Å². The molecule has 2 aromatic rings. The molecule has 20 heavy (non-hydrogen) atoms. The van der Waals surface area contributed by atoms with Crippen molar-refractivity contribution in [1.29, 1.82) is 0 Å². The fraction of sp³-hybridized carbons (Fsp3) is 0.583. The van der Waals surface area contributed by atoms with Crippen molar-refractivity contribution in [2.24, 2.45) is 0 Å². The number of halogens is 1. The van der Waals surface area contributed by atoms with E-state index in [-0.39, 0.29) is 0 Å². The molecule has 1 N–H and O–H groups in total. The quantitative estimate of drug-likeness (QED) is 0.653. The van der Waals surface area contributed by atoms with Gasteiger partial charge in [0.2, 0.25) is 0 Å². The Hall–Kier alpha value is -1.44. The van der Waals surface area contributed by atoms with Gasteiger partial charge in [0.05, 0.1) is 13.2 Å². The van der Waals surface area contributed by atoms with Gasteiger partial charge in [-0.2, -0.15) is 19.6 Å². The summed E-state index contributed by atoms with van der Waals surface area (Å²) in [6.45, 7) is 5.64. The summed E-state index contributed by atoms with van der Waals surface area (Å²) in [4.78, 5) is 10.5. The molecule has 0 radical (unpaired) electrons. The number of nitrogens with one attached hydrogen (secondary N) is 1. The summed E-state index contributed by atoms with van der Waals surface area (Å²) in [5.74, 6) is 1.33. The molecule has 1 saturated heterocycles. The predicted octanol–water partition coefficient (Wildman–Crippen LogP) is 0.912. The van der Waals surface area contributed by atoms with Crippen LogP contribution in [-0.4, -0.2) is 63.9 Å². The minimum atomic E-state index is 0.418. The lowest BCUT2D eigenvalue weighted by Gasteiger charge is -2.26. The zero-order valence-electron chi connectivity index (χ0n) is 11.1. The monoisotopic (exact) mass is 296 g/mol. The standard InChI is InChI=1S/C12H17ClN6O/c13-10-8-11(19-12(17-10)15-9-16-19)14-2-1-3-18-4-6-20-7-5-18/h8-9,14H,1-7H2. The lowest BCUT2D eigenvalue weighted by Crippen LogP contribution is -2.37. The number of nitrogens with zero attached hydrogens (tertiary/aromatic N) is 5. The molecule has 0 unspecified atom stereocenters. The summed E-state index contributed by atoms with van der Waals surface area (Å²) in [6, 6.07) is 1.76. The van der Waals surface area contributed by atoms with Gasteiger partial charge in [0.1, 0.15) is 17.3 Å². The summed E-state index contributed by atoms with van der Waals surface area (Å²) in [7, 11) is 0. The van der Waals surface area contributed by atoms with Crippen molar-refractivity contribution in [3.63, 3.8) is 0 Å². The first kappa shape index (κ1) is 13.5. The van der Waals surface area contributed by atoms with Crippen molar-refractivity contribution in [2.75, 3.05) is 44.7 Å². The fourth-order valence-electron chi connectivity index (χ4n) is 2.25. The number of hydrogen-bond donors (Lipinski definition) is 1. The van der Waals surface area contributed by atoms with E-state index in [0.717, 1.165) is 51.6 Å². The van der Waals surface area contributed by atoms with Crippen molar-refractivity contribution < 1.29 is 4.74 Å². The third-order valence-corrected chi connectivity index (χ3v) is 3.48. The van der Waals surface area contributed by atoms with E-state index >= 15 is 0 Å². The van der Waals surface area contributed by atoms with Crippen LogP contribution in [-0.2, 0) is 4.74 Å². The van der Waals surface area contributed by atoms with Crippen LogP contribution in [0.15, 0.2) is 12.4 Å². The van der Waals surface area contributed by atoms with Gasteiger partial charge in [-0.1, -0.05) is 11.6 Å². The largest absolute Gasteiger partial charge is 0.379 e. The molecule has 3 rings (SSSR count). The fourth-order valence-corrected chi connectivity index (χ4v) is 2.43. The number of aromatic nitrogens is 4. The average molecular weight is 297 g/mol. The second-order valence-electron chi connectivity index (χ2n) is 4.67. The molecule has 0 bridgehead atoms. The SMILES string of the molecule is Clc1cc(NCCCN2CCOCC2)n2ncnc2n1. The Balaban J connectivity index is 1.53. The van der Waals surface area contributed by atoms with E-state index in [1.165, 1.54) is 6.33 Å². The zero-order valence-corrected chi connectivity index (χ0v) is 11.9. The normalized spacial score (nSPS) is 16.6. The van der Waals surface area contributed by atoms with Crippen molar-refractivity contribution in [3.8, 4) is 0 Å². The predicted molar refractivity (Wildman–Crippen MR) is 76.2 cm³/mol. The molecule has 1 aliphatic rings. The third kappa shape index (κ3) is 3.17. The molecule has 8 heteroatoms. The van der Waals surface area contributed by atoms with Crippen molar-refractivity contribution in [1.82, 2.24) is 24.5 Å². The lowest BCUT2D eigenvalue weighted by molar-refractivity contribution is 0.0378. The third-order valence-electron chi connectivity index (χ3n) is 3.28. The average Bonchev–Trinajstić information content (AvgIpc) is 2.92. The number of fused-ring (bicyclic) bond motifs is 1. The first-order valence-corrected chi connectivity index (χ1v) is 7.11. The van der Waals surface area contributed by atoms with E-state index in [0.29, 0.717) is 10.9 Å². The highest BCUT2D eigenvalue weighted by atomic mass is 35.5. The van der Waals surface area contributed by atoms with Crippen LogP contribution >= 0.6 is 11.6 Å². The maximum Gasteiger partial charge on any atom is 0.255 e. The molecule has 3 heterocycles. The molecule has 0 atom stereocenters. The highest BCUT2D eigenvalue weighted by molar-refractivity contribution is 6.29. The Kier molecular flexibility index (Phi) is 4.29. The minimum absolute atomic E-state index is 0.418. The van der Waals surface area contributed by atoms with Gasteiger partial charge in [-0.15, -0.1) is 0 Å². The number of ether oxygens (including phenoxy) is 1. The van der Waals surface area contributed by atoms with Gasteiger partial charge in [-0.05, 0) is 13.0 Å². The van der Waals surface area contributed by atoms with E-state index in [1.54, 1.807) is 10.6 Å². The van der Waals surface area contributed by atoms with Crippen molar-refractivity contribution in [2.45, 2.75) is 6.42 Å². The number of morpholine rings is 1. The molecule has 1 aliphatic heterocycles. The molecule has 0 saturated carbocycles. The molecular weight excluding hydrogens is 280 g/mol. The molecule has 108 valence electrons. The van der Waals surface area contributed by atoms with Gasteiger partial charge in [-0.25, -0.2) is 0 Å². The van der Waals surface area contributed by atoms with Crippen LogP contribution < -0.4 is 5.32 Å². The molecule has 7 nitrogen and oxygen atoms in total. The number of rotatable bonds is 5. The van der Waals surface area contributed by atoms with Gasteiger partial charge >= 0.3 is 0 Å². The molecule has 2 aromatic heterocycles. The molecule has 0 aromatic carbocycles. The lowest BCUT2D eigenvalue weighted by atomic mass is 10.3. The molecule has 0 amide bonds. The van der Waals surface area contributed by atoms with E-state index in [9.17, 15) is 0 Å². The number of anilines is 1. The van der Waals surface area contributed by atoms with Crippen LogP contribution in [0, 0.1) is 0 Å². The van der Waals surface area contributed by atoms with Gasteiger partial charge in [0.25, 0.3) is 5.78 Å². The minimum Gasteiger partial charge on any atom is -0.379 e. The zero-order chi connectivity index (χ0) is 13.8. The van der Waals surface area contributed by atoms with E-state index in [4.69, 9.17) is 16.3 Å². The second-order valence-corrected chi connectivity index (χ2v) is 5.06. The molecule has 0 spiro atoms. The van der Waals surface area contributed by atoms with Gasteiger partial charge in [0.15, 0.2) is 0 Å². The van der Waals surface area contributed by atoms with E-state index < -0.39 is 0 Å². The maximum absolute atomic E-state index is 5.96. The smallest absolute Gasteiger partial charge is 0.255 e. The van der Waals surface area contributed by atoms with E-state index in [1.807, 2.05) is 0 Å². The van der Waals surface area contributed by atoms with Crippen LogP contribution in [0.2, 0.25) is 5.15 Å². The Morgan fingerprint density at radius 2 is 2.20 bits per heavy atom. The second kappa shape index (κ2) is 6.34. The Morgan fingerprint density at radius 1 is 1.35 bits per heavy atom. The first-order valence-electron chi connectivity index (χ1n) is 6.73. The highest BCUT2D eigenvalue weighted by Crippen LogP contribution is 2.14. The van der Waals surface area contributed by atoms with Crippen molar-refractivity contribution >= 4 is 23.2 Å². The summed E-state index contributed by atoms with van der Waals surface area (Å²) in [5.41, 5.74) is 0.